The summed E-state index contributed by atoms with van der Waals surface area (Å²) in [7, 11) is 1.65. The molecule has 1 aliphatic carbocycles. The highest BCUT2D eigenvalue weighted by Crippen LogP contribution is 2.40. The fourth-order valence-corrected chi connectivity index (χ4v) is 3.64. The zero-order valence-corrected chi connectivity index (χ0v) is 14.3. The Labute approximate surface area is 144 Å². The molecular weight excluding hydrogens is 341 g/mol. The maximum Gasteiger partial charge on any atom is 0.391 e. The Morgan fingerprint density at radius 1 is 1.32 bits per heavy atom. The number of carbonyl (C=O) groups is 2. The summed E-state index contributed by atoms with van der Waals surface area (Å²) in [5.41, 5.74) is 0. The van der Waals surface area contributed by atoms with Crippen molar-refractivity contribution < 1.29 is 32.6 Å². The molecule has 2 rings (SSSR count). The minimum Gasteiger partial charge on any atom is -0.480 e. The first-order valence-electron chi connectivity index (χ1n) is 8.54. The standard InChI is InChI=1S/C16H25F3N2O4/c1-20(10-14(22)23)8-13-9-21(5-6-25-13)15(24)11-3-2-4-12(7-11)16(17,18)19/h11-13H,2-10H2,1H3,(H,22,23). The van der Waals surface area contributed by atoms with Crippen molar-refractivity contribution >= 4 is 11.9 Å². The molecule has 3 unspecified atom stereocenters. The largest absolute Gasteiger partial charge is 0.480 e. The number of halogens is 3. The van der Waals surface area contributed by atoms with Crippen LogP contribution < -0.4 is 0 Å². The molecule has 0 aromatic rings. The van der Waals surface area contributed by atoms with Crippen LogP contribution in [0.4, 0.5) is 13.2 Å². The number of carboxylic acid groups (broad SMARTS) is 1. The van der Waals surface area contributed by atoms with Gasteiger partial charge in [-0.3, -0.25) is 14.5 Å². The molecule has 0 aromatic carbocycles. The van der Waals surface area contributed by atoms with E-state index in [1.807, 2.05) is 0 Å². The van der Waals surface area contributed by atoms with Crippen LogP contribution in [0.25, 0.3) is 0 Å². The highest BCUT2D eigenvalue weighted by molar-refractivity contribution is 5.79. The van der Waals surface area contributed by atoms with Gasteiger partial charge in [0, 0.05) is 25.6 Å². The van der Waals surface area contributed by atoms with Crippen LogP contribution in [0, 0.1) is 11.8 Å². The van der Waals surface area contributed by atoms with E-state index in [2.05, 4.69) is 0 Å². The molecule has 2 fully saturated rings. The van der Waals surface area contributed by atoms with Crippen molar-refractivity contribution in [1.82, 2.24) is 9.80 Å². The number of amides is 1. The normalized spacial score (nSPS) is 28.2. The van der Waals surface area contributed by atoms with E-state index in [1.165, 1.54) is 0 Å². The van der Waals surface area contributed by atoms with E-state index in [9.17, 15) is 22.8 Å². The minimum atomic E-state index is -4.24. The van der Waals surface area contributed by atoms with Crippen LogP contribution in [-0.4, -0.2) is 78.9 Å². The van der Waals surface area contributed by atoms with E-state index in [0.29, 0.717) is 32.5 Å². The fraction of sp³-hybridized carbons (Fsp3) is 0.875. The summed E-state index contributed by atoms with van der Waals surface area (Å²) in [6, 6.07) is 0. The summed E-state index contributed by atoms with van der Waals surface area (Å²) >= 11 is 0. The maximum absolute atomic E-state index is 12.9. The monoisotopic (exact) mass is 366 g/mol. The van der Waals surface area contributed by atoms with Crippen molar-refractivity contribution in [2.45, 2.75) is 38.0 Å². The second-order valence-corrected chi connectivity index (χ2v) is 6.97. The van der Waals surface area contributed by atoms with Crippen molar-refractivity contribution in [2.24, 2.45) is 11.8 Å². The number of ether oxygens (including phenoxy) is 1. The van der Waals surface area contributed by atoms with E-state index in [0.717, 1.165) is 0 Å². The van der Waals surface area contributed by atoms with Crippen LogP contribution in [0.2, 0.25) is 0 Å². The predicted molar refractivity (Wildman–Crippen MR) is 83.0 cm³/mol. The summed E-state index contributed by atoms with van der Waals surface area (Å²) in [6.07, 6.45) is -3.71. The number of nitrogens with zero attached hydrogens (tertiary/aromatic N) is 2. The first kappa shape index (κ1) is 20.0. The van der Waals surface area contributed by atoms with E-state index in [1.54, 1.807) is 16.8 Å². The average Bonchev–Trinajstić information content (AvgIpc) is 2.53. The van der Waals surface area contributed by atoms with Gasteiger partial charge in [0.15, 0.2) is 0 Å². The van der Waals surface area contributed by atoms with Gasteiger partial charge in [-0.2, -0.15) is 13.2 Å². The Bertz CT molecular complexity index is 486. The molecule has 9 heteroatoms. The predicted octanol–water partition coefficient (Wildman–Crippen LogP) is 1.60. The molecule has 1 saturated heterocycles. The van der Waals surface area contributed by atoms with Crippen LogP contribution in [0.1, 0.15) is 25.7 Å². The molecule has 0 radical (unpaired) electrons. The van der Waals surface area contributed by atoms with Gasteiger partial charge in [-0.15, -0.1) is 0 Å². The lowest BCUT2D eigenvalue weighted by molar-refractivity contribution is -0.188. The third kappa shape index (κ3) is 5.85. The molecule has 1 saturated carbocycles. The number of aliphatic carboxylic acids is 1. The van der Waals surface area contributed by atoms with Crippen LogP contribution in [0.5, 0.6) is 0 Å². The highest BCUT2D eigenvalue weighted by atomic mass is 19.4. The van der Waals surface area contributed by atoms with Crippen molar-refractivity contribution in [3.05, 3.63) is 0 Å². The van der Waals surface area contributed by atoms with Crippen molar-refractivity contribution in [1.29, 1.82) is 0 Å². The Hall–Kier alpha value is -1.35. The van der Waals surface area contributed by atoms with E-state index >= 15 is 0 Å². The lowest BCUT2D eigenvalue weighted by atomic mass is 9.80. The van der Waals surface area contributed by atoms with E-state index in [-0.39, 0.29) is 37.9 Å². The number of hydrogen-bond acceptors (Lipinski definition) is 4. The third-order valence-corrected chi connectivity index (χ3v) is 4.86. The number of alkyl halides is 3. The Kier molecular flexibility index (Phi) is 6.67. The summed E-state index contributed by atoms with van der Waals surface area (Å²) < 4.78 is 44.4. The zero-order chi connectivity index (χ0) is 18.6. The smallest absolute Gasteiger partial charge is 0.391 e. The van der Waals surface area contributed by atoms with Crippen molar-refractivity contribution in [3.63, 3.8) is 0 Å². The van der Waals surface area contributed by atoms with Crippen LogP contribution in [0.3, 0.4) is 0 Å². The summed E-state index contributed by atoms with van der Waals surface area (Å²) in [6.45, 7) is 1.18. The molecule has 1 amide bonds. The van der Waals surface area contributed by atoms with Crippen LogP contribution in [-0.2, 0) is 14.3 Å². The molecule has 3 atom stereocenters. The lowest BCUT2D eigenvalue weighted by Crippen LogP contribution is -2.51. The molecule has 0 aromatic heterocycles. The number of hydrogen-bond donors (Lipinski definition) is 1. The summed E-state index contributed by atoms with van der Waals surface area (Å²) in [5, 5.41) is 8.78. The van der Waals surface area contributed by atoms with Crippen molar-refractivity contribution in [3.8, 4) is 0 Å². The number of carboxylic acids is 1. The molecule has 0 spiro atoms. The van der Waals surface area contributed by atoms with Gasteiger partial charge in [0.05, 0.1) is 25.2 Å². The second-order valence-electron chi connectivity index (χ2n) is 6.97. The van der Waals surface area contributed by atoms with Crippen LogP contribution >= 0.6 is 0 Å². The van der Waals surface area contributed by atoms with Gasteiger partial charge < -0.3 is 14.7 Å². The van der Waals surface area contributed by atoms with Gasteiger partial charge in [0.25, 0.3) is 0 Å². The molecule has 2 aliphatic rings. The van der Waals surface area contributed by atoms with E-state index in [4.69, 9.17) is 9.84 Å². The number of morpholine rings is 1. The fourth-order valence-electron chi connectivity index (χ4n) is 3.64. The quantitative estimate of drug-likeness (QED) is 0.800. The topological polar surface area (TPSA) is 70.1 Å². The molecule has 6 nitrogen and oxygen atoms in total. The number of likely N-dealkylation sites (N-methyl/N-ethyl adjacent to an activating group) is 1. The Balaban J connectivity index is 1.89. The minimum absolute atomic E-state index is 0.0962. The van der Waals surface area contributed by atoms with Crippen molar-refractivity contribution in [2.75, 3.05) is 39.8 Å². The van der Waals surface area contributed by atoms with Gasteiger partial charge >= 0.3 is 12.1 Å². The lowest BCUT2D eigenvalue weighted by Gasteiger charge is -2.38. The van der Waals surface area contributed by atoms with Crippen LogP contribution in [0.15, 0.2) is 0 Å². The van der Waals surface area contributed by atoms with Gasteiger partial charge in [0.2, 0.25) is 5.91 Å². The molecular formula is C16H25F3N2O4. The van der Waals surface area contributed by atoms with E-state index < -0.39 is 24.0 Å². The van der Waals surface area contributed by atoms with Gasteiger partial charge in [-0.1, -0.05) is 6.42 Å². The molecule has 25 heavy (non-hydrogen) atoms. The first-order valence-corrected chi connectivity index (χ1v) is 8.54. The molecule has 144 valence electrons. The van der Waals surface area contributed by atoms with Gasteiger partial charge in [-0.05, 0) is 26.3 Å². The maximum atomic E-state index is 12.9. The first-order chi connectivity index (χ1) is 11.7. The summed E-state index contributed by atoms with van der Waals surface area (Å²) in [5.74, 6) is -3.17. The SMILES string of the molecule is CN(CC(=O)O)CC1CN(C(=O)C2CCCC(C(F)(F)F)C2)CCO1. The summed E-state index contributed by atoms with van der Waals surface area (Å²) in [4.78, 5) is 26.5. The number of rotatable bonds is 5. The van der Waals surface area contributed by atoms with Gasteiger partial charge in [0.1, 0.15) is 0 Å². The second kappa shape index (κ2) is 8.35. The Morgan fingerprint density at radius 2 is 2.04 bits per heavy atom. The third-order valence-electron chi connectivity index (χ3n) is 4.86. The zero-order valence-electron chi connectivity index (χ0n) is 14.3. The molecule has 1 N–H and O–H groups in total. The molecule has 1 aliphatic heterocycles. The average molecular weight is 366 g/mol. The Morgan fingerprint density at radius 3 is 2.68 bits per heavy atom. The highest BCUT2D eigenvalue weighted by Gasteiger charge is 2.44. The molecule has 1 heterocycles. The molecule has 0 bridgehead atoms. The van der Waals surface area contributed by atoms with Gasteiger partial charge in [-0.25, -0.2) is 0 Å². The number of carbonyl (C=O) groups excluding carboxylic acids is 1.